The molecule has 1 amide bonds. The molecule has 2 aliphatic rings. The molecule has 0 aliphatic carbocycles. The van der Waals surface area contributed by atoms with Gasteiger partial charge in [0.1, 0.15) is 17.8 Å². The number of nitrogens with zero attached hydrogens (tertiary/aromatic N) is 7. The fraction of sp³-hybridized carbons (Fsp3) is 0.450. The van der Waals surface area contributed by atoms with Gasteiger partial charge < -0.3 is 4.90 Å². The second-order valence-electron chi connectivity index (χ2n) is 8.30. The highest BCUT2D eigenvalue weighted by atomic mass is 19.4. The summed E-state index contributed by atoms with van der Waals surface area (Å²) in [4.78, 5) is 28.4. The van der Waals surface area contributed by atoms with Crippen LogP contribution in [0.3, 0.4) is 0 Å². The minimum absolute atomic E-state index is 0.172. The standard InChI is InChI=1S/C20H18F5N7O/c1-11-16-17(32(29-11)8-14(21)22)28-15(7-27-16)31-5-3-19(18(31)33)9-30(10-19)12-2-4-26-13(6-12)20(23,24)25/h2,4,6-7,14H,3,5,8-10H2,1H3. The number of amides is 1. The number of hydrogen-bond donors (Lipinski definition) is 0. The van der Waals surface area contributed by atoms with E-state index in [1.807, 2.05) is 0 Å². The maximum absolute atomic E-state index is 13.2. The van der Waals surface area contributed by atoms with E-state index in [2.05, 4.69) is 20.1 Å². The van der Waals surface area contributed by atoms with Crippen LogP contribution in [0, 0.1) is 12.3 Å². The van der Waals surface area contributed by atoms with Crippen LogP contribution in [0.25, 0.3) is 11.2 Å². The Balaban J connectivity index is 1.36. The van der Waals surface area contributed by atoms with Crippen molar-refractivity contribution >= 4 is 28.6 Å². The SMILES string of the molecule is Cc1nn(CC(F)F)c2nc(N3CCC4(CN(c5ccnc(C(F)(F)F)c5)C4)C3=O)cnc12. The molecule has 5 heterocycles. The Hall–Kier alpha value is -3.38. The van der Waals surface area contributed by atoms with Crippen LogP contribution in [0.5, 0.6) is 0 Å². The number of pyridine rings is 1. The zero-order valence-corrected chi connectivity index (χ0v) is 17.4. The molecule has 13 heteroatoms. The van der Waals surface area contributed by atoms with E-state index in [9.17, 15) is 26.7 Å². The lowest BCUT2D eigenvalue weighted by Crippen LogP contribution is -2.60. The average molecular weight is 467 g/mol. The number of halogens is 5. The Morgan fingerprint density at radius 2 is 1.97 bits per heavy atom. The summed E-state index contributed by atoms with van der Waals surface area (Å²) >= 11 is 0. The predicted octanol–water partition coefficient (Wildman–Crippen LogP) is 3.06. The number of rotatable bonds is 4. The fourth-order valence-corrected chi connectivity index (χ4v) is 4.44. The van der Waals surface area contributed by atoms with E-state index in [0.29, 0.717) is 29.9 Å². The molecular weight excluding hydrogens is 449 g/mol. The van der Waals surface area contributed by atoms with Crippen LogP contribution in [0.2, 0.25) is 0 Å². The Kier molecular flexibility index (Phi) is 4.76. The second-order valence-corrected chi connectivity index (χ2v) is 8.30. The van der Waals surface area contributed by atoms with Gasteiger partial charge in [-0.05, 0) is 25.5 Å². The minimum atomic E-state index is -4.55. The van der Waals surface area contributed by atoms with Gasteiger partial charge in [-0.1, -0.05) is 0 Å². The van der Waals surface area contributed by atoms with Gasteiger partial charge in [0.05, 0.1) is 17.3 Å². The third kappa shape index (κ3) is 3.55. The van der Waals surface area contributed by atoms with Crippen LogP contribution >= 0.6 is 0 Å². The summed E-state index contributed by atoms with van der Waals surface area (Å²) in [6.45, 7) is 1.88. The van der Waals surface area contributed by atoms with Gasteiger partial charge in [0.2, 0.25) is 5.91 Å². The zero-order valence-electron chi connectivity index (χ0n) is 17.4. The van der Waals surface area contributed by atoms with Crippen LogP contribution < -0.4 is 9.80 Å². The molecule has 0 radical (unpaired) electrons. The van der Waals surface area contributed by atoms with Gasteiger partial charge in [-0.2, -0.15) is 18.3 Å². The maximum atomic E-state index is 13.2. The monoisotopic (exact) mass is 467 g/mol. The van der Waals surface area contributed by atoms with Crippen molar-refractivity contribution in [3.05, 3.63) is 35.9 Å². The molecule has 3 aromatic rings. The number of aromatic nitrogens is 5. The quantitative estimate of drug-likeness (QED) is 0.549. The Morgan fingerprint density at radius 1 is 1.21 bits per heavy atom. The van der Waals surface area contributed by atoms with E-state index in [-0.39, 0.29) is 30.5 Å². The van der Waals surface area contributed by atoms with Gasteiger partial charge in [0.15, 0.2) is 11.5 Å². The van der Waals surface area contributed by atoms with E-state index in [1.165, 1.54) is 17.2 Å². The van der Waals surface area contributed by atoms with Crippen LogP contribution in [0.1, 0.15) is 17.8 Å². The molecule has 2 saturated heterocycles. The molecule has 0 N–H and O–H groups in total. The van der Waals surface area contributed by atoms with Gasteiger partial charge >= 0.3 is 6.18 Å². The second kappa shape index (κ2) is 7.32. The lowest BCUT2D eigenvalue weighted by molar-refractivity contribution is -0.141. The Morgan fingerprint density at radius 3 is 2.67 bits per heavy atom. The number of fused-ring (bicyclic) bond motifs is 1. The molecule has 0 aromatic carbocycles. The number of carbonyl (C=O) groups excluding carboxylic acids is 1. The molecule has 33 heavy (non-hydrogen) atoms. The summed E-state index contributed by atoms with van der Waals surface area (Å²) in [6.07, 6.45) is -4.17. The first-order chi connectivity index (χ1) is 15.6. The van der Waals surface area contributed by atoms with Crippen molar-refractivity contribution in [2.24, 2.45) is 5.41 Å². The van der Waals surface area contributed by atoms with Crippen molar-refractivity contribution in [2.75, 3.05) is 29.4 Å². The maximum Gasteiger partial charge on any atom is 0.433 e. The topological polar surface area (TPSA) is 80.0 Å². The molecular formula is C20H18F5N7O. The number of carbonyl (C=O) groups is 1. The number of anilines is 2. The van der Waals surface area contributed by atoms with Crippen molar-refractivity contribution in [1.82, 2.24) is 24.7 Å². The number of alkyl halides is 5. The lowest BCUT2D eigenvalue weighted by atomic mass is 9.78. The lowest BCUT2D eigenvalue weighted by Gasteiger charge is -2.47. The van der Waals surface area contributed by atoms with Crippen LogP contribution in [-0.4, -0.2) is 56.7 Å². The summed E-state index contributed by atoms with van der Waals surface area (Å²) in [7, 11) is 0. The van der Waals surface area contributed by atoms with E-state index < -0.39 is 30.3 Å². The van der Waals surface area contributed by atoms with Gasteiger partial charge in [0.25, 0.3) is 6.43 Å². The largest absolute Gasteiger partial charge is 0.433 e. The fourth-order valence-electron chi connectivity index (χ4n) is 4.44. The number of hydrogen-bond acceptors (Lipinski definition) is 6. The molecule has 0 bridgehead atoms. The van der Waals surface area contributed by atoms with Crippen molar-refractivity contribution < 1.29 is 26.7 Å². The summed E-state index contributed by atoms with van der Waals surface area (Å²) in [6, 6.07) is 2.45. The molecule has 3 aromatic heterocycles. The first-order valence-electron chi connectivity index (χ1n) is 10.2. The van der Waals surface area contributed by atoms with Crippen molar-refractivity contribution in [1.29, 1.82) is 0 Å². The van der Waals surface area contributed by atoms with E-state index in [1.54, 1.807) is 11.8 Å². The van der Waals surface area contributed by atoms with E-state index >= 15 is 0 Å². The first-order valence-corrected chi connectivity index (χ1v) is 10.2. The van der Waals surface area contributed by atoms with E-state index in [4.69, 9.17) is 0 Å². The minimum Gasteiger partial charge on any atom is -0.369 e. The predicted molar refractivity (Wildman–Crippen MR) is 107 cm³/mol. The molecule has 2 aliphatic heterocycles. The molecule has 0 saturated carbocycles. The molecule has 8 nitrogen and oxygen atoms in total. The van der Waals surface area contributed by atoms with E-state index in [0.717, 1.165) is 16.9 Å². The van der Waals surface area contributed by atoms with Gasteiger partial charge in [-0.3, -0.25) is 14.7 Å². The highest BCUT2D eigenvalue weighted by molar-refractivity contribution is 6.01. The first kappa shape index (κ1) is 21.5. The van der Waals surface area contributed by atoms with Crippen LogP contribution in [0.4, 0.5) is 33.5 Å². The molecule has 2 fully saturated rings. The smallest absolute Gasteiger partial charge is 0.369 e. The van der Waals surface area contributed by atoms with Gasteiger partial charge in [-0.25, -0.2) is 23.4 Å². The zero-order chi connectivity index (χ0) is 23.5. The summed E-state index contributed by atoms with van der Waals surface area (Å²) in [5, 5.41) is 4.06. The Bertz CT molecular complexity index is 1240. The van der Waals surface area contributed by atoms with Crippen molar-refractivity contribution in [3.63, 3.8) is 0 Å². The molecule has 174 valence electrons. The molecule has 1 spiro atoms. The highest BCUT2D eigenvalue weighted by Gasteiger charge is 2.55. The van der Waals surface area contributed by atoms with Crippen molar-refractivity contribution in [3.8, 4) is 0 Å². The Labute approximate surface area is 184 Å². The normalized spacial score (nSPS) is 18.1. The summed E-state index contributed by atoms with van der Waals surface area (Å²) in [5.41, 5.74) is -0.364. The molecule has 5 rings (SSSR count). The summed E-state index contributed by atoms with van der Waals surface area (Å²) in [5.74, 6) is 0.0238. The van der Waals surface area contributed by atoms with Crippen LogP contribution in [0.15, 0.2) is 24.5 Å². The van der Waals surface area contributed by atoms with Crippen molar-refractivity contribution in [2.45, 2.75) is 32.5 Å². The molecule has 0 atom stereocenters. The highest BCUT2D eigenvalue weighted by Crippen LogP contribution is 2.44. The summed E-state index contributed by atoms with van der Waals surface area (Å²) < 4.78 is 65.7. The third-order valence-electron chi connectivity index (χ3n) is 6.09. The average Bonchev–Trinajstić information content (AvgIpc) is 3.23. The molecule has 0 unspecified atom stereocenters. The van der Waals surface area contributed by atoms with Gasteiger partial charge in [0, 0.05) is 31.5 Å². The van der Waals surface area contributed by atoms with Crippen LogP contribution in [-0.2, 0) is 17.5 Å². The third-order valence-corrected chi connectivity index (χ3v) is 6.09. The van der Waals surface area contributed by atoms with Gasteiger partial charge in [-0.15, -0.1) is 0 Å². The number of aryl methyl sites for hydroxylation is 1.